The first-order chi connectivity index (χ1) is 12.3. The van der Waals surface area contributed by atoms with E-state index in [1.807, 2.05) is 13.8 Å². The molecule has 140 valence electrons. The normalized spacial score (nSPS) is 11.2. The quantitative estimate of drug-likeness (QED) is 0.715. The topological polar surface area (TPSA) is 118 Å². The van der Waals surface area contributed by atoms with E-state index in [0.29, 0.717) is 37.6 Å². The van der Waals surface area contributed by atoms with Gasteiger partial charge < -0.3 is 10.2 Å². The number of carbonyl (C=O) groups is 1. The minimum absolute atomic E-state index is 0.0876. The second kappa shape index (κ2) is 8.72. The molecule has 0 bridgehead atoms. The second-order valence-corrected chi connectivity index (χ2v) is 7.19. The predicted molar refractivity (Wildman–Crippen MR) is 99.3 cm³/mol. The fourth-order valence-electron chi connectivity index (χ4n) is 2.42. The van der Waals surface area contributed by atoms with Crippen LogP contribution >= 0.6 is 0 Å². The van der Waals surface area contributed by atoms with Gasteiger partial charge in [0, 0.05) is 25.7 Å². The standard InChI is InChI=1S/C17H23N5O3S/c1-3-22(4-2)17(23)15-11-16(21-12-20-15)19-10-9-13-5-7-14(8-6-13)26(18,24)25/h5-8,11-12H,3-4,9-10H2,1-2H3,(H2,18,24,25)(H,19,20,21). The van der Waals surface area contributed by atoms with Crippen molar-refractivity contribution in [3.63, 3.8) is 0 Å². The summed E-state index contributed by atoms with van der Waals surface area (Å²) in [5, 5.41) is 8.22. The second-order valence-electron chi connectivity index (χ2n) is 5.63. The van der Waals surface area contributed by atoms with Crippen LogP contribution < -0.4 is 10.5 Å². The first kappa shape index (κ1) is 19.8. The van der Waals surface area contributed by atoms with Crippen molar-refractivity contribution in [1.29, 1.82) is 0 Å². The molecule has 0 saturated carbocycles. The molecule has 0 saturated heterocycles. The van der Waals surface area contributed by atoms with E-state index in [4.69, 9.17) is 5.14 Å². The van der Waals surface area contributed by atoms with Gasteiger partial charge in [0.05, 0.1) is 4.90 Å². The number of sulfonamides is 1. The molecule has 0 aliphatic heterocycles. The Morgan fingerprint density at radius 3 is 2.38 bits per heavy atom. The van der Waals surface area contributed by atoms with E-state index in [0.717, 1.165) is 5.56 Å². The van der Waals surface area contributed by atoms with Gasteiger partial charge in [-0.1, -0.05) is 12.1 Å². The van der Waals surface area contributed by atoms with E-state index in [1.165, 1.54) is 18.5 Å². The van der Waals surface area contributed by atoms with Gasteiger partial charge in [-0.3, -0.25) is 4.79 Å². The van der Waals surface area contributed by atoms with Crippen molar-refractivity contribution in [2.45, 2.75) is 25.2 Å². The molecule has 2 rings (SSSR count). The van der Waals surface area contributed by atoms with Crippen LogP contribution in [-0.4, -0.2) is 48.8 Å². The van der Waals surface area contributed by atoms with Crippen LogP contribution in [0.3, 0.4) is 0 Å². The van der Waals surface area contributed by atoms with Crippen molar-refractivity contribution in [3.05, 3.63) is 47.9 Å². The van der Waals surface area contributed by atoms with Crippen molar-refractivity contribution in [2.75, 3.05) is 25.0 Å². The van der Waals surface area contributed by atoms with Crippen LogP contribution in [0.25, 0.3) is 0 Å². The molecule has 9 heteroatoms. The van der Waals surface area contributed by atoms with Gasteiger partial charge in [-0.15, -0.1) is 0 Å². The summed E-state index contributed by atoms with van der Waals surface area (Å²) in [6.07, 6.45) is 2.02. The Labute approximate surface area is 153 Å². The molecule has 0 aliphatic carbocycles. The smallest absolute Gasteiger partial charge is 0.272 e. The molecule has 1 heterocycles. The number of aromatic nitrogens is 2. The third-order valence-corrected chi connectivity index (χ3v) is 4.84. The number of nitrogens with one attached hydrogen (secondary N) is 1. The van der Waals surface area contributed by atoms with Crippen LogP contribution in [0.5, 0.6) is 0 Å². The van der Waals surface area contributed by atoms with E-state index in [-0.39, 0.29) is 10.8 Å². The number of benzene rings is 1. The minimum atomic E-state index is -3.68. The number of carbonyl (C=O) groups excluding carboxylic acids is 1. The maximum Gasteiger partial charge on any atom is 0.272 e. The molecule has 0 fully saturated rings. The number of rotatable bonds is 8. The summed E-state index contributed by atoms with van der Waals surface area (Å²) in [7, 11) is -3.68. The summed E-state index contributed by atoms with van der Waals surface area (Å²) in [6.45, 7) is 5.66. The molecule has 8 nitrogen and oxygen atoms in total. The third-order valence-electron chi connectivity index (χ3n) is 3.91. The summed E-state index contributed by atoms with van der Waals surface area (Å²) >= 11 is 0. The highest BCUT2D eigenvalue weighted by Crippen LogP contribution is 2.11. The molecule has 0 atom stereocenters. The van der Waals surface area contributed by atoms with Crippen LogP contribution in [0.15, 0.2) is 41.6 Å². The van der Waals surface area contributed by atoms with Crippen LogP contribution in [-0.2, 0) is 16.4 Å². The van der Waals surface area contributed by atoms with E-state index in [1.54, 1.807) is 23.1 Å². The summed E-state index contributed by atoms with van der Waals surface area (Å²) in [5.41, 5.74) is 1.31. The van der Waals surface area contributed by atoms with Crippen molar-refractivity contribution in [2.24, 2.45) is 5.14 Å². The molecule has 1 aromatic carbocycles. The fraction of sp³-hybridized carbons (Fsp3) is 0.353. The van der Waals surface area contributed by atoms with Crippen LogP contribution in [0.4, 0.5) is 5.82 Å². The molecule has 26 heavy (non-hydrogen) atoms. The van der Waals surface area contributed by atoms with E-state index < -0.39 is 10.0 Å². The van der Waals surface area contributed by atoms with Gasteiger partial charge in [0.15, 0.2) is 0 Å². The summed E-state index contributed by atoms with van der Waals surface area (Å²) in [6, 6.07) is 8.03. The van der Waals surface area contributed by atoms with E-state index in [9.17, 15) is 13.2 Å². The molecular weight excluding hydrogens is 354 g/mol. The lowest BCUT2D eigenvalue weighted by atomic mass is 10.1. The fourth-order valence-corrected chi connectivity index (χ4v) is 2.94. The minimum Gasteiger partial charge on any atom is -0.370 e. The third kappa shape index (κ3) is 5.24. The lowest BCUT2D eigenvalue weighted by molar-refractivity contribution is 0.0767. The van der Waals surface area contributed by atoms with Crippen molar-refractivity contribution >= 4 is 21.7 Å². The Bertz CT molecular complexity index is 849. The zero-order valence-electron chi connectivity index (χ0n) is 14.8. The molecule has 0 radical (unpaired) electrons. The number of nitrogens with two attached hydrogens (primary N) is 1. The van der Waals surface area contributed by atoms with Crippen LogP contribution in [0.2, 0.25) is 0 Å². The first-order valence-electron chi connectivity index (χ1n) is 8.32. The zero-order chi connectivity index (χ0) is 19.2. The Hall–Kier alpha value is -2.52. The summed E-state index contributed by atoms with van der Waals surface area (Å²) in [4.78, 5) is 22.3. The average molecular weight is 377 g/mol. The molecular formula is C17H23N5O3S. The zero-order valence-corrected chi connectivity index (χ0v) is 15.7. The molecule has 1 aromatic heterocycles. The molecule has 0 unspecified atom stereocenters. The number of anilines is 1. The summed E-state index contributed by atoms with van der Waals surface area (Å²) < 4.78 is 22.5. The molecule has 2 aromatic rings. The Kier molecular flexibility index (Phi) is 6.64. The Morgan fingerprint density at radius 2 is 1.81 bits per heavy atom. The van der Waals surface area contributed by atoms with E-state index in [2.05, 4.69) is 15.3 Å². The lowest BCUT2D eigenvalue weighted by Crippen LogP contribution is -2.31. The van der Waals surface area contributed by atoms with Crippen molar-refractivity contribution < 1.29 is 13.2 Å². The number of amides is 1. The molecule has 1 amide bonds. The van der Waals surface area contributed by atoms with Gasteiger partial charge in [-0.25, -0.2) is 23.5 Å². The van der Waals surface area contributed by atoms with Gasteiger partial charge in [0.1, 0.15) is 17.8 Å². The highest BCUT2D eigenvalue weighted by Gasteiger charge is 2.14. The number of hydrogen-bond donors (Lipinski definition) is 2. The number of hydrogen-bond acceptors (Lipinski definition) is 6. The number of nitrogens with zero attached hydrogens (tertiary/aromatic N) is 3. The largest absolute Gasteiger partial charge is 0.370 e. The van der Waals surface area contributed by atoms with Crippen LogP contribution in [0, 0.1) is 0 Å². The molecule has 3 N–H and O–H groups in total. The van der Waals surface area contributed by atoms with Crippen LogP contribution in [0.1, 0.15) is 29.9 Å². The Balaban J connectivity index is 1.96. The van der Waals surface area contributed by atoms with Gasteiger partial charge in [0.2, 0.25) is 10.0 Å². The lowest BCUT2D eigenvalue weighted by Gasteiger charge is -2.18. The first-order valence-corrected chi connectivity index (χ1v) is 9.86. The Morgan fingerprint density at radius 1 is 1.15 bits per heavy atom. The SMILES string of the molecule is CCN(CC)C(=O)c1cc(NCCc2ccc(S(N)(=O)=O)cc2)ncn1. The van der Waals surface area contributed by atoms with Crippen molar-refractivity contribution in [3.8, 4) is 0 Å². The van der Waals surface area contributed by atoms with Gasteiger partial charge in [0.25, 0.3) is 5.91 Å². The predicted octanol–water partition coefficient (Wildman–Crippen LogP) is 1.26. The average Bonchev–Trinajstić information content (AvgIpc) is 2.62. The maximum atomic E-state index is 12.3. The molecule has 0 aliphatic rings. The molecule has 0 spiro atoms. The number of primary sulfonamides is 1. The van der Waals surface area contributed by atoms with Gasteiger partial charge in [-0.05, 0) is 38.0 Å². The van der Waals surface area contributed by atoms with E-state index >= 15 is 0 Å². The highest BCUT2D eigenvalue weighted by molar-refractivity contribution is 7.89. The monoisotopic (exact) mass is 377 g/mol. The van der Waals surface area contributed by atoms with Gasteiger partial charge >= 0.3 is 0 Å². The maximum absolute atomic E-state index is 12.3. The highest BCUT2D eigenvalue weighted by atomic mass is 32.2. The van der Waals surface area contributed by atoms with Gasteiger partial charge in [-0.2, -0.15) is 0 Å². The van der Waals surface area contributed by atoms with Crippen molar-refractivity contribution in [1.82, 2.24) is 14.9 Å². The summed E-state index contributed by atoms with van der Waals surface area (Å²) in [5.74, 6) is 0.440.